The van der Waals surface area contributed by atoms with E-state index in [1.165, 1.54) is 25.1 Å². The predicted molar refractivity (Wildman–Crippen MR) is 70.5 cm³/mol. The number of allylic oxidation sites excluding steroid dienone is 3. The zero-order valence-electron chi connectivity index (χ0n) is 10.7. The third-order valence-corrected chi connectivity index (χ3v) is 2.72. The highest BCUT2D eigenvalue weighted by molar-refractivity contribution is 6.25. The van der Waals surface area contributed by atoms with Gasteiger partial charge in [-0.05, 0) is 30.7 Å². The van der Waals surface area contributed by atoms with E-state index in [1.807, 2.05) is 0 Å². The van der Waals surface area contributed by atoms with Crippen LogP contribution in [-0.4, -0.2) is 22.6 Å². The molecule has 1 atom stereocenters. The number of cyclic esters (lactones) is 1. The Morgan fingerprint density at radius 2 is 2.10 bits per heavy atom. The molecule has 2 rings (SSSR count). The summed E-state index contributed by atoms with van der Waals surface area (Å²) >= 11 is 0. The number of rotatable bonds is 3. The van der Waals surface area contributed by atoms with Crippen molar-refractivity contribution >= 4 is 23.6 Å². The third-order valence-electron chi connectivity index (χ3n) is 2.72. The molecular formula is C15H12O5. The molecule has 1 aromatic rings. The Hall–Kier alpha value is -2.69. The van der Waals surface area contributed by atoms with E-state index in [4.69, 9.17) is 4.74 Å². The minimum absolute atomic E-state index is 0.0614. The van der Waals surface area contributed by atoms with E-state index in [9.17, 15) is 19.5 Å². The minimum Gasteiger partial charge on any atom is -0.508 e. The maximum absolute atomic E-state index is 11.9. The molecule has 0 amide bonds. The summed E-state index contributed by atoms with van der Waals surface area (Å²) < 4.78 is 4.77. The highest BCUT2D eigenvalue weighted by atomic mass is 16.5. The van der Waals surface area contributed by atoms with Crippen molar-refractivity contribution in [1.82, 2.24) is 0 Å². The summed E-state index contributed by atoms with van der Waals surface area (Å²) in [7, 11) is 0. The Bertz CT molecular complexity index is 639. The summed E-state index contributed by atoms with van der Waals surface area (Å²) in [6, 6.07) is 6.24. The fourth-order valence-electron chi connectivity index (χ4n) is 1.81. The van der Waals surface area contributed by atoms with Gasteiger partial charge in [-0.2, -0.15) is 0 Å². The topological polar surface area (TPSA) is 80.7 Å². The van der Waals surface area contributed by atoms with Crippen LogP contribution in [0.15, 0.2) is 42.2 Å². The fourth-order valence-corrected chi connectivity index (χ4v) is 1.81. The van der Waals surface area contributed by atoms with Crippen LogP contribution < -0.4 is 0 Å². The molecule has 0 aliphatic carbocycles. The molecule has 1 aliphatic heterocycles. The lowest BCUT2D eigenvalue weighted by atomic mass is 9.96. The molecule has 5 nitrogen and oxygen atoms in total. The summed E-state index contributed by atoms with van der Waals surface area (Å²) in [5.41, 5.74) is 0.585. The molecule has 0 fully saturated rings. The molecule has 0 radical (unpaired) electrons. The van der Waals surface area contributed by atoms with Crippen LogP contribution in [-0.2, 0) is 19.1 Å². The molecule has 0 saturated heterocycles. The first-order chi connectivity index (χ1) is 9.47. The molecule has 1 N–H and O–H groups in total. The van der Waals surface area contributed by atoms with Crippen molar-refractivity contribution < 1.29 is 24.2 Å². The maximum Gasteiger partial charge on any atom is 0.329 e. The van der Waals surface area contributed by atoms with Gasteiger partial charge >= 0.3 is 5.97 Å². The lowest BCUT2D eigenvalue weighted by molar-refractivity contribution is -0.151. The minimum atomic E-state index is -1.44. The molecule has 5 heteroatoms. The first kappa shape index (κ1) is 13.7. The lowest BCUT2D eigenvalue weighted by Crippen LogP contribution is -2.34. The van der Waals surface area contributed by atoms with Crippen LogP contribution >= 0.6 is 0 Å². The van der Waals surface area contributed by atoms with Crippen molar-refractivity contribution in [3.63, 3.8) is 0 Å². The molecule has 0 spiro atoms. The zero-order chi connectivity index (χ0) is 14.7. The Morgan fingerprint density at radius 3 is 2.75 bits per heavy atom. The lowest BCUT2D eigenvalue weighted by Gasteiger charge is -2.15. The molecular weight excluding hydrogens is 260 g/mol. The number of hydrogen-bond acceptors (Lipinski definition) is 5. The summed E-state index contributed by atoms with van der Waals surface area (Å²) in [5, 5.41) is 9.29. The second-order valence-electron chi connectivity index (χ2n) is 4.34. The van der Waals surface area contributed by atoms with Crippen LogP contribution in [0.3, 0.4) is 0 Å². The van der Waals surface area contributed by atoms with E-state index in [-0.39, 0.29) is 11.5 Å². The van der Waals surface area contributed by atoms with Crippen molar-refractivity contribution in [2.45, 2.75) is 6.92 Å². The quantitative estimate of drug-likeness (QED) is 0.513. The van der Waals surface area contributed by atoms with Crippen LogP contribution in [0.2, 0.25) is 0 Å². The van der Waals surface area contributed by atoms with E-state index in [0.717, 1.165) is 12.2 Å². The van der Waals surface area contributed by atoms with Crippen molar-refractivity contribution in [1.29, 1.82) is 0 Å². The SMILES string of the molecule is CC1=CC(=O)[C@@H](C(=O)/C=C\c2cccc(O)c2)C(=O)O1. The van der Waals surface area contributed by atoms with Gasteiger partial charge in [0.2, 0.25) is 0 Å². The molecule has 0 aromatic heterocycles. The van der Waals surface area contributed by atoms with Gasteiger partial charge in [-0.15, -0.1) is 0 Å². The number of carbonyl (C=O) groups is 3. The monoisotopic (exact) mass is 272 g/mol. The van der Waals surface area contributed by atoms with Crippen LogP contribution in [0.4, 0.5) is 0 Å². The number of ether oxygens (including phenoxy) is 1. The molecule has 1 heterocycles. The maximum atomic E-state index is 11.9. The number of phenols is 1. The molecule has 102 valence electrons. The molecule has 1 aromatic carbocycles. The molecule has 0 saturated carbocycles. The van der Waals surface area contributed by atoms with E-state index in [2.05, 4.69) is 0 Å². The zero-order valence-corrected chi connectivity index (χ0v) is 10.7. The average Bonchev–Trinajstić information content (AvgIpc) is 2.35. The van der Waals surface area contributed by atoms with Crippen LogP contribution in [0.25, 0.3) is 6.08 Å². The van der Waals surface area contributed by atoms with Gasteiger partial charge in [0.25, 0.3) is 0 Å². The molecule has 20 heavy (non-hydrogen) atoms. The fraction of sp³-hybridized carbons (Fsp3) is 0.133. The number of phenolic OH excluding ortho intramolecular Hbond substituents is 1. The second-order valence-corrected chi connectivity index (χ2v) is 4.34. The molecule has 0 bridgehead atoms. The van der Waals surface area contributed by atoms with E-state index in [1.54, 1.807) is 12.1 Å². The smallest absolute Gasteiger partial charge is 0.329 e. The van der Waals surface area contributed by atoms with Crippen molar-refractivity contribution in [2.75, 3.05) is 0 Å². The summed E-state index contributed by atoms with van der Waals surface area (Å²) in [6.45, 7) is 1.47. The predicted octanol–water partition coefficient (Wildman–Crippen LogP) is 1.62. The van der Waals surface area contributed by atoms with Gasteiger partial charge in [-0.3, -0.25) is 14.4 Å². The number of benzene rings is 1. The van der Waals surface area contributed by atoms with E-state index < -0.39 is 23.5 Å². The largest absolute Gasteiger partial charge is 0.508 e. The highest BCUT2D eigenvalue weighted by Gasteiger charge is 2.36. The summed E-state index contributed by atoms with van der Waals surface area (Å²) in [5.74, 6) is -3.28. The number of aromatic hydroxyl groups is 1. The van der Waals surface area contributed by atoms with Gasteiger partial charge in [0, 0.05) is 6.08 Å². The van der Waals surface area contributed by atoms with Gasteiger partial charge in [-0.1, -0.05) is 18.2 Å². The Kier molecular flexibility index (Phi) is 3.79. The van der Waals surface area contributed by atoms with Crippen molar-refractivity contribution in [2.24, 2.45) is 5.92 Å². The van der Waals surface area contributed by atoms with Crippen LogP contribution in [0, 0.1) is 5.92 Å². The normalized spacial score (nSPS) is 18.9. The van der Waals surface area contributed by atoms with Crippen LogP contribution in [0.5, 0.6) is 5.75 Å². The third kappa shape index (κ3) is 3.00. The van der Waals surface area contributed by atoms with Gasteiger partial charge in [0.15, 0.2) is 17.5 Å². The number of hydrogen-bond donors (Lipinski definition) is 1. The van der Waals surface area contributed by atoms with Gasteiger partial charge in [0.1, 0.15) is 11.5 Å². The Morgan fingerprint density at radius 1 is 1.35 bits per heavy atom. The average molecular weight is 272 g/mol. The standard InChI is InChI=1S/C15H12O5/c1-9-7-13(18)14(15(19)20-9)12(17)6-5-10-3-2-4-11(16)8-10/h2-8,14,16H,1H3/b6-5-/t14-/m1/s1. The second kappa shape index (κ2) is 5.52. The summed E-state index contributed by atoms with van der Waals surface area (Å²) in [6.07, 6.45) is 3.69. The number of ketones is 2. The first-order valence-electron chi connectivity index (χ1n) is 5.92. The van der Waals surface area contributed by atoms with Gasteiger partial charge in [0.05, 0.1) is 0 Å². The molecule has 1 aliphatic rings. The number of carbonyl (C=O) groups excluding carboxylic acids is 3. The van der Waals surface area contributed by atoms with E-state index in [0.29, 0.717) is 5.56 Å². The number of esters is 1. The molecule has 0 unspecified atom stereocenters. The summed E-state index contributed by atoms with van der Waals surface area (Å²) in [4.78, 5) is 35.1. The Labute approximate surface area is 115 Å². The van der Waals surface area contributed by atoms with Crippen molar-refractivity contribution in [3.05, 3.63) is 47.7 Å². The highest BCUT2D eigenvalue weighted by Crippen LogP contribution is 2.17. The van der Waals surface area contributed by atoms with Crippen LogP contribution in [0.1, 0.15) is 12.5 Å². The van der Waals surface area contributed by atoms with Gasteiger partial charge in [-0.25, -0.2) is 0 Å². The van der Waals surface area contributed by atoms with Crippen molar-refractivity contribution in [3.8, 4) is 5.75 Å². The Balaban J connectivity index is 2.16. The van der Waals surface area contributed by atoms with Gasteiger partial charge < -0.3 is 9.84 Å². The first-order valence-corrected chi connectivity index (χ1v) is 5.92. The van der Waals surface area contributed by atoms with E-state index >= 15 is 0 Å².